The Morgan fingerprint density at radius 2 is 2.33 bits per heavy atom. The van der Waals surface area contributed by atoms with Gasteiger partial charge in [0.1, 0.15) is 12.5 Å². The summed E-state index contributed by atoms with van der Waals surface area (Å²) in [5, 5.41) is 33.6. The number of aliphatic hydroxyl groups excluding tert-OH is 3. The molecular weight excluding hydrogens is 327 g/mol. The lowest BCUT2D eigenvalue weighted by Gasteiger charge is -2.33. The molecule has 0 aliphatic heterocycles. The summed E-state index contributed by atoms with van der Waals surface area (Å²) >= 11 is 0. The lowest BCUT2D eigenvalue weighted by atomic mass is 10.1. The van der Waals surface area contributed by atoms with Crippen LogP contribution in [0.5, 0.6) is 0 Å². The molecule has 0 bridgehead atoms. The van der Waals surface area contributed by atoms with Crippen molar-refractivity contribution in [1.29, 1.82) is 0 Å². The first-order valence-corrected chi connectivity index (χ1v) is 6.97. The van der Waals surface area contributed by atoms with E-state index in [1.54, 1.807) is 0 Å². The summed E-state index contributed by atoms with van der Waals surface area (Å²) in [7, 11) is 0. The van der Waals surface area contributed by atoms with Gasteiger partial charge in [-0.25, -0.2) is 9.18 Å². The van der Waals surface area contributed by atoms with Crippen molar-refractivity contribution >= 4 is 5.82 Å². The normalized spacial score (nSPS) is 15.9. The summed E-state index contributed by atoms with van der Waals surface area (Å²) in [6.45, 7) is -0.945. The third kappa shape index (κ3) is 4.63. The van der Waals surface area contributed by atoms with Crippen molar-refractivity contribution in [3.05, 3.63) is 33.2 Å². The molecule has 1 aromatic rings. The number of aromatic nitrogens is 2. The van der Waals surface area contributed by atoms with E-state index in [2.05, 4.69) is 20.3 Å². The number of azide groups is 1. The molecule has 134 valence electrons. The fourth-order valence-electron chi connectivity index (χ4n) is 1.79. The maximum absolute atomic E-state index is 13.3. The quantitative estimate of drug-likeness (QED) is 0.252. The van der Waals surface area contributed by atoms with E-state index in [1.165, 1.54) is 19.2 Å². The molecule has 24 heavy (non-hydrogen) atoms. The Bertz CT molecular complexity index is 635. The highest BCUT2D eigenvalue weighted by molar-refractivity contribution is 5.31. The van der Waals surface area contributed by atoms with Crippen LogP contribution >= 0.6 is 0 Å². The fourth-order valence-corrected chi connectivity index (χ4v) is 1.79. The van der Waals surface area contributed by atoms with Crippen molar-refractivity contribution in [3.8, 4) is 0 Å². The molecule has 12 heteroatoms. The van der Waals surface area contributed by atoms with Gasteiger partial charge in [0.25, 0.3) is 0 Å². The largest absolute Gasteiger partial charge is 0.395 e. The van der Waals surface area contributed by atoms with E-state index in [0.29, 0.717) is 0 Å². The predicted octanol–water partition coefficient (Wildman–Crippen LogP) is -0.488. The van der Waals surface area contributed by atoms with Crippen LogP contribution in [0, 0.1) is 0 Å². The van der Waals surface area contributed by atoms with Crippen LogP contribution < -0.4 is 11.0 Å². The lowest BCUT2D eigenvalue weighted by molar-refractivity contribution is -0.193. The topological polar surface area (TPSA) is 166 Å². The highest BCUT2D eigenvalue weighted by atomic mass is 19.1. The van der Waals surface area contributed by atoms with E-state index in [0.717, 1.165) is 4.57 Å². The van der Waals surface area contributed by atoms with E-state index < -0.39 is 37.0 Å². The summed E-state index contributed by atoms with van der Waals surface area (Å²) in [6, 6.07) is 1.35. The monoisotopic (exact) mass is 346 g/mol. The zero-order chi connectivity index (χ0) is 18.2. The maximum Gasteiger partial charge on any atom is 0.351 e. The smallest absolute Gasteiger partial charge is 0.351 e. The molecule has 0 radical (unpaired) electrons. The van der Waals surface area contributed by atoms with Gasteiger partial charge in [0.2, 0.25) is 0 Å². The Hall–Kier alpha value is -2.24. The molecule has 1 rings (SSSR count). The van der Waals surface area contributed by atoms with Crippen LogP contribution in [0.25, 0.3) is 10.4 Å². The molecule has 0 spiro atoms. The Balaban J connectivity index is 3.12. The highest BCUT2D eigenvalue weighted by Gasteiger charge is 2.38. The Labute approximate surface area is 136 Å². The zero-order valence-corrected chi connectivity index (χ0v) is 12.9. The molecule has 0 fully saturated rings. The third-order valence-corrected chi connectivity index (χ3v) is 3.12. The number of ether oxygens (including phenoxy) is 1. The van der Waals surface area contributed by atoms with E-state index in [9.17, 15) is 19.4 Å². The predicted molar refractivity (Wildman–Crippen MR) is 80.8 cm³/mol. The molecule has 1 heterocycles. The van der Waals surface area contributed by atoms with E-state index in [4.69, 9.17) is 15.4 Å². The van der Waals surface area contributed by atoms with Gasteiger partial charge >= 0.3 is 5.69 Å². The molecule has 0 aromatic carbocycles. The van der Waals surface area contributed by atoms with Gasteiger partial charge in [0.15, 0.2) is 12.0 Å². The van der Waals surface area contributed by atoms with Crippen molar-refractivity contribution in [2.24, 2.45) is 5.11 Å². The number of nitrogens with zero attached hydrogens (tertiary/aromatic N) is 5. The second-order valence-corrected chi connectivity index (χ2v) is 4.75. The molecular formula is C12H19FN6O5. The van der Waals surface area contributed by atoms with Gasteiger partial charge in [0.05, 0.1) is 19.3 Å². The van der Waals surface area contributed by atoms with Gasteiger partial charge in [-0.2, -0.15) is 4.98 Å². The van der Waals surface area contributed by atoms with E-state index in [-0.39, 0.29) is 19.0 Å². The first-order chi connectivity index (χ1) is 11.4. The number of hydrogen-bond donors (Lipinski definition) is 4. The second-order valence-electron chi connectivity index (χ2n) is 4.75. The standard InChI is InChI=1S/C12H19FN6O5/c1-8(22)12(7-21,17-18-14)24-10(6-13)19-4-2-9(15-3-5-20)16-11(19)23/h2,4,8,10,20-22H,3,5-7H2,1H3,(H,15,16,23)/t8-,10-,12-/m1/s1. The molecule has 0 saturated carbocycles. The van der Waals surface area contributed by atoms with E-state index in [1.807, 2.05) is 0 Å². The lowest BCUT2D eigenvalue weighted by Crippen LogP contribution is -2.48. The third-order valence-electron chi connectivity index (χ3n) is 3.12. The number of aliphatic hydroxyl groups is 3. The van der Waals surface area contributed by atoms with Crippen LogP contribution in [0.2, 0.25) is 0 Å². The van der Waals surface area contributed by atoms with E-state index >= 15 is 0 Å². The second kappa shape index (κ2) is 9.15. The van der Waals surface area contributed by atoms with Crippen LogP contribution in [-0.4, -0.2) is 63.1 Å². The van der Waals surface area contributed by atoms with Crippen molar-refractivity contribution in [1.82, 2.24) is 9.55 Å². The molecule has 11 nitrogen and oxygen atoms in total. The molecule has 0 aliphatic rings. The molecule has 0 aliphatic carbocycles. The minimum absolute atomic E-state index is 0.166. The summed E-state index contributed by atoms with van der Waals surface area (Å²) in [5.74, 6) is 0.168. The average molecular weight is 346 g/mol. The van der Waals surface area contributed by atoms with Gasteiger partial charge in [-0.15, -0.1) is 0 Å². The van der Waals surface area contributed by atoms with Gasteiger partial charge in [-0.3, -0.25) is 4.57 Å². The van der Waals surface area contributed by atoms with Crippen LogP contribution in [0.15, 0.2) is 22.2 Å². The Kier molecular flexibility index (Phi) is 7.55. The van der Waals surface area contributed by atoms with Crippen molar-refractivity contribution in [2.75, 3.05) is 31.7 Å². The average Bonchev–Trinajstić information content (AvgIpc) is 2.57. The van der Waals surface area contributed by atoms with Crippen LogP contribution in [-0.2, 0) is 4.74 Å². The van der Waals surface area contributed by atoms with Gasteiger partial charge in [0, 0.05) is 17.7 Å². The zero-order valence-electron chi connectivity index (χ0n) is 12.9. The number of hydrogen-bond acceptors (Lipinski definition) is 8. The SMILES string of the molecule is C[C@@H](O)[C@](CO)(N=[N+]=[N-])O[C@H](CF)n1ccc(NCCO)nc1=O. The maximum atomic E-state index is 13.3. The Morgan fingerprint density at radius 1 is 1.62 bits per heavy atom. The molecule has 1 aromatic heterocycles. The first-order valence-electron chi connectivity index (χ1n) is 6.97. The van der Waals surface area contributed by atoms with Crippen LogP contribution in [0.1, 0.15) is 13.2 Å². The van der Waals surface area contributed by atoms with Crippen molar-refractivity contribution in [3.63, 3.8) is 0 Å². The number of halogens is 1. The summed E-state index contributed by atoms with van der Waals surface area (Å²) in [4.78, 5) is 18.1. The molecule has 3 atom stereocenters. The number of alkyl halides is 1. The molecule has 0 saturated heterocycles. The summed E-state index contributed by atoms with van der Waals surface area (Å²) < 4.78 is 19.3. The number of rotatable bonds is 10. The molecule has 0 amide bonds. The van der Waals surface area contributed by atoms with Gasteiger partial charge in [-0.05, 0) is 18.5 Å². The van der Waals surface area contributed by atoms with Gasteiger partial charge in [-0.1, -0.05) is 5.11 Å². The minimum atomic E-state index is -2.15. The first kappa shape index (κ1) is 19.8. The minimum Gasteiger partial charge on any atom is -0.395 e. The fraction of sp³-hybridized carbons (Fsp3) is 0.667. The Morgan fingerprint density at radius 3 is 2.79 bits per heavy atom. The molecule has 4 N–H and O–H groups in total. The van der Waals surface area contributed by atoms with Crippen molar-refractivity contribution < 1.29 is 24.4 Å². The summed E-state index contributed by atoms with van der Waals surface area (Å²) in [5.41, 5.74) is 5.53. The highest BCUT2D eigenvalue weighted by Crippen LogP contribution is 2.25. The summed E-state index contributed by atoms with van der Waals surface area (Å²) in [6.07, 6.45) is -1.87. The number of anilines is 1. The van der Waals surface area contributed by atoms with Gasteiger partial charge < -0.3 is 25.4 Å². The van der Waals surface area contributed by atoms with Crippen molar-refractivity contribution in [2.45, 2.75) is 25.0 Å². The number of nitrogens with one attached hydrogen (secondary N) is 1. The molecule has 0 unspecified atom stereocenters. The van der Waals surface area contributed by atoms with Crippen LogP contribution in [0.4, 0.5) is 10.2 Å². The van der Waals surface area contributed by atoms with Crippen LogP contribution in [0.3, 0.4) is 0 Å².